The summed E-state index contributed by atoms with van der Waals surface area (Å²) in [6.45, 7) is 5.46. The average Bonchev–Trinajstić information content (AvgIpc) is 3.03. The van der Waals surface area contributed by atoms with E-state index >= 15 is 0 Å². The third-order valence-corrected chi connectivity index (χ3v) is 5.68. The van der Waals surface area contributed by atoms with Gasteiger partial charge in [0.15, 0.2) is 0 Å². The largest absolute Gasteiger partial charge is 0.461 e. The van der Waals surface area contributed by atoms with Gasteiger partial charge in [-0.1, -0.05) is 20.3 Å². The molecular weight excluding hydrogens is 352 g/mol. The van der Waals surface area contributed by atoms with Gasteiger partial charge in [-0.15, -0.1) is 0 Å². The van der Waals surface area contributed by atoms with Crippen LogP contribution in [0.25, 0.3) is 11.3 Å². The molecule has 1 saturated carbocycles. The van der Waals surface area contributed by atoms with E-state index in [4.69, 9.17) is 4.42 Å². The zero-order chi connectivity index (χ0) is 19.7. The van der Waals surface area contributed by atoms with E-state index in [0.717, 1.165) is 54.1 Å². The lowest BCUT2D eigenvalue weighted by Gasteiger charge is -2.33. The molecule has 5 heteroatoms. The van der Waals surface area contributed by atoms with Crippen LogP contribution in [0.3, 0.4) is 0 Å². The predicted octanol–water partition coefficient (Wildman–Crippen LogP) is 4.62. The number of carbonyl (C=O) groups is 2. The Bertz CT molecular complexity index is 862. The van der Waals surface area contributed by atoms with Gasteiger partial charge in [0.1, 0.15) is 11.5 Å². The highest BCUT2D eigenvalue weighted by atomic mass is 16.3. The molecule has 0 unspecified atom stereocenters. The van der Waals surface area contributed by atoms with Crippen molar-refractivity contribution in [3.8, 4) is 11.3 Å². The Labute approximate surface area is 166 Å². The fraction of sp³-hybridized carbons (Fsp3) is 0.478. The lowest BCUT2D eigenvalue weighted by atomic mass is 9.84. The van der Waals surface area contributed by atoms with E-state index < -0.39 is 0 Å². The SMILES string of the molecule is CC(C)CC(=O)Nc1ccc(-c2cc3c(o2)CCN(C(=O)C2CCC2)C3)cc1. The molecule has 2 amide bonds. The lowest BCUT2D eigenvalue weighted by molar-refractivity contribution is -0.139. The third-order valence-electron chi connectivity index (χ3n) is 5.68. The summed E-state index contributed by atoms with van der Waals surface area (Å²) in [5.74, 6) is 2.73. The van der Waals surface area contributed by atoms with Crippen molar-refractivity contribution < 1.29 is 14.0 Å². The number of furan rings is 1. The lowest BCUT2D eigenvalue weighted by Crippen LogP contribution is -2.41. The number of nitrogens with zero attached hydrogens (tertiary/aromatic N) is 1. The maximum absolute atomic E-state index is 12.5. The van der Waals surface area contributed by atoms with E-state index in [2.05, 4.69) is 11.4 Å². The van der Waals surface area contributed by atoms with Gasteiger partial charge in [-0.05, 0) is 49.1 Å². The second-order valence-corrected chi connectivity index (χ2v) is 8.42. The summed E-state index contributed by atoms with van der Waals surface area (Å²) in [6, 6.07) is 9.80. The van der Waals surface area contributed by atoms with Crippen molar-refractivity contribution in [2.45, 2.75) is 52.5 Å². The molecule has 4 rings (SSSR count). The summed E-state index contributed by atoms with van der Waals surface area (Å²) in [5.41, 5.74) is 2.89. The van der Waals surface area contributed by atoms with Gasteiger partial charge in [0.2, 0.25) is 11.8 Å². The molecule has 0 spiro atoms. The first-order valence-electron chi connectivity index (χ1n) is 10.3. The topological polar surface area (TPSA) is 62.6 Å². The zero-order valence-corrected chi connectivity index (χ0v) is 16.7. The van der Waals surface area contributed by atoms with Crippen molar-refractivity contribution in [2.24, 2.45) is 11.8 Å². The second-order valence-electron chi connectivity index (χ2n) is 8.42. The minimum Gasteiger partial charge on any atom is -0.461 e. The number of amides is 2. The first kappa shape index (κ1) is 18.8. The molecule has 2 aliphatic rings. The van der Waals surface area contributed by atoms with E-state index in [1.165, 1.54) is 6.42 Å². The Morgan fingerprint density at radius 3 is 2.61 bits per heavy atom. The number of hydrogen-bond donors (Lipinski definition) is 1. The smallest absolute Gasteiger partial charge is 0.225 e. The summed E-state index contributed by atoms with van der Waals surface area (Å²) >= 11 is 0. The molecule has 0 bridgehead atoms. The fourth-order valence-electron chi connectivity index (χ4n) is 3.88. The van der Waals surface area contributed by atoms with Gasteiger partial charge in [-0.3, -0.25) is 9.59 Å². The molecule has 0 radical (unpaired) electrons. The van der Waals surface area contributed by atoms with Crippen molar-refractivity contribution in [3.63, 3.8) is 0 Å². The molecule has 1 N–H and O–H groups in total. The quantitative estimate of drug-likeness (QED) is 0.823. The van der Waals surface area contributed by atoms with Crippen molar-refractivity contribution in [1.29, 1.82) is 0 Å². The molecule has 148 valence electrons. The Morgan fingerprint density at radius 2 is 1.96 bits per heavy atom. The van der Waals surface area contributed by atoms with Gasteiger partial charge in [-0.2, -0.15) is 0 Å². The Hall–Kier alpha value is -2.56. The normalized spacial score (nSPS) is 16.6. The molecule has 2 heterocycles. The fourth-order valence-corrected chi connectivity index (χ4v) is 3.88. The molecule has 1 aromatic carbocycles. The maximum atomic E-state index is 12.5. The minimum atomic E-state index is 0.0347. The molecule has 1 aromatic heterocycles. The third kappa shape index (κ3) is 3.98. The van der Waals surface area contributed by atoms with Crippen LogP contribution in [0.5, 0.6) is 0 Å². The molecule has 0 atom stereocenters. The van der Waals surface area contributed by atoms with Gasteiger partial charge in [0, 0.05) is 48.7 Å². The molecule has 1 aliphatic carbocycles. The van der Waals surface area contributed by atoms with Gasteiger partial charge in [0.05, 0.1) is 0 Å². The number of anilines is 1. The Balaban J connectivity index is 1.42. The summed E-state index contributed by atoms with van der Waals surface area (Å²) in [4.78, 5) is 26.4. The van der Waals surface area contributed by atoms with E-state index in [0.29, 0.717) is 24.8 Å². The summed E-state index contributed by atoms with van der Waals surface area (Å²) in [6.07, 6.45) is 4.55. The standard InChI is InChI=1S/C23H28N2O3/c1-15(2)12-22(26)24-19-8-6-16(7-9-19)21-13-18-14-25(11-10-20(18)28-21)23(27)17-4-3-5-17/h6-9,13,15,17H,3-5,10-12,14H2,1-2H3,(H,24,26). The molecular formula is C23H28N2O3. The average molecular weight is 380 g/mol. The highest BCUT2D eigenvalue weighted by Crippen LogP contribution is 2.33. The monoisotopic (exact) mass is 380 g/mol. The van der Waals surface area contributed by atoms with Crippen LogP contribution in [0.4, 0.5) is 5.69 Å². The Kier molecular flexibility index (Phi) is 5.25. The van der Waals surface area contributed by atoms with Gasteiger partial charge in [0.25, 0.3) is 0 Å². The summed E-state index contributed by atoms with van der Waals surface area (Å²) in [7, 11) is 0. The van der Waals surface area contributed by atoms with Crippen molar-refractivity contribution >= 4 is 17.5 Å². The molecule has 1 aliphatic heterocycles. The highest BCUT2D eigenvalue weighted by molar-refractivity contribution is 5.91. The first-order valence-corrected chi connectivity index (χ1v) is 10.3. The van der Waals surface area contributed by atoms with E-state index in [1.54, 1.807) is 0 Å². The number of rotatable bonds is 5. The number of benzene rings is 1. The molecule has 2 aromatic rings. The van der Waals surface area contributed by atoms with Crippen LogP contribution < -0.4 is 5.32 Å². The van der Waals surface area contributed by atoms with Crippen LogP contribution in [-0.4, -0.2) is 23.3 Å². The number of nitrogens with one attached hydrogen (secondary N) is 1. The van der Waals surface area contributed by atoms with Crippen LogP contribution in [0.1, 0.15) is 50.9 Å². The minimum absolute atomic E-state index is 0.0347. The van der Waals surface area contributed by atoms with Gasteiger partial charge < -0.3 is 14.6 Å². The Morgan fingerprint density at radius 1 is 1.21 bits per heavy atom. The number of fused-ring (bicyclic) bond motifs is 1. The molecule has 28 heavy (non-hydrogen) atoms. The summed E-state index contributed by atoms with van der Waals surface area (Å²) in [5, 5.41) is 2.93. The van der Waals surface area contributed by atoms with Gasteiger partial charge >= 0.3 is 0 Å². The predicted molar refractivity (Wildman–Crippen MR) is 109 cm³/mol. The molecule has 0 saturated heterocycles. The van der Waals surface area contributed by atoms with Crippen molar-refractivity contribution in [1.82, 2.24) is 4.90 Å². The molecule has 5 nitrogen and oxygen atoms in total. The highest BCUT2D eigenvalue weighted by Gasteiger charge is 2.32. The molecule has 1 fully saturated rings. The zero-order valence-electron chi connectivity index (χ0n) is 16.7. The van der Waals surface area contributed by atoms with E-state index in [-0.39, 0.29) is 11.8 Å². The van der Waals surface area contributed by atoms with Gasteiger partial charge in [-0.25, -0.2) is 0 Å². The van der Waals surface area contributed by atoms with Crippen LogP contribution in [0.15, 0.2) is 34.7 Å². The van der Waals surface area contributed by atoms with Crippen molar-refractivity contribution in [3.05, 3.63) is 41.7 Å². The van der Waals surface area contributed by atoms with E-state index in [9.17, 15) is 9.59 Å². The first-order chi connectivity index (χ1) is 13.5. The number of carbonyl (C=O) groups excluding carboxylic acids is 2. The van der Waals surface area contributed by atoms with Crippen LogP contribution >= 0.6 is 0 Å². The van der Waals surface area contributed by atoms with Crippen LogP contribution in [0, 0.1) is 11.8 Å². The maximum Gasteiger partial charge on any atom is 0.225 e. The van der Waals surface area contributed by atoms with E-state index in [1.807, 2.05) is 43.0 Å². The van der Waals surface area contributed by atoms with Crippen molar-refractivity contribution in [2.75, 3.05) is 11.9 Å². The second kappa shape index (κ2) is 7.82. The number of hydrogen-bond acceptors (Lipinski definition) is 3. The summed E-state index contributed by atoms with van der Waals surface area (Å²) < 4.78 is 6.07. The van der Waals surface area contributed by atoms with Crippen LogP contribution in [0.2, 0.25) is 0 Å². The van der Waals surface area contributed by atoms with Crippen LogP contribution in [-0.2, 0) is 22.6 Å².